The fraction of sp³-hybridized carbons (Fsp3) is 0.250. The Bertz CT molecular complexity index is 670. The average Bonchev–Trinajstić information content (AvgIpc) is 2.83. The Kier molecular flexibility index (Phi) is 4.49. The van der Waals surface area contributed by atoms with Gasteiger partial charge in [-0.15, -0.1) is 10.2 Å². The summed E-state index contributed by atoms with van der Waals surface area (Å²) in [4.78, 5) is 0. The van der Waals surface area contributed by atoms with E-state index in [2.05, 4.69) is 20.7 Å². The molecule has 0 amide bonds. The van der Waals surface area contributed by atoms with Crippen LogP contribution in [0.3, 0.4) is 0 Å². The van der Waals surface area contributed by atoms with E-state index in [9.17, 15) is 5.11 Å². The Labute approximate surface area is 126 Å². The van der Waals surface area contributed by atoms with Crippen molar-refractivity contribution in [1.82, 2.24) is 14.9 Å². The minimum atomic E-state index is -0.112. The van der Waals surface area contributed by atoms with Crippen molar-refractivity contribution in [3.63, 3.8) is 0 Å². The zero-order valence-electron chi connectivity index (χ0n) is 11.5. The number of aromatic hydroxyl groups is 1. The van der Waals surface area contributed by atoms with Crippen molar-refractivity contribution in [1.29, 1.82) is 0 Å². The number of hydrogen-bond donors (Lipinski definition) is 3. The van der Waals surface area contributed by atoms with E-state index in [1.165, 1.54) is 18.0 Å². The Balaban J connectivity index is 2.14. The summed E-state index contributed by atoms with van der Waals surface area (Å²) in [6.45, 7) is 1.92. The second kappa shape index (κ2) is 6.31. The lowest BCUT2D eigenvalue weighted by Crippen LogP contribution is -2.14. The molecule has 0 spiro atoms. The van der Waals surface area contributed by atoms with Gasteiger partial charge in [0.1, 0.15) is 0 Å². The number of halogens is 1. The van der Waals surface area contributed by atoms with Crippen molar-refractivity contribution in [3.8, 4) is 11.5 Å². The van der Waals surface area contributed by atoms with Gasteiger partial charge >= 0.3 is 0 Å². The number of nitrogens with one attached hydrogen (secondary N) is 1. The number of anilines is 1. The number of nitrogens with two attached hydrogens (primary N) is 1. The van der Waals surface area contributed by atoms with Gasteiger partial charge in [-0.05, 0) is 17.7 Å². The van der Waals surface area contributed by atoms with Gasteiger partial charge < -0.3 is 15.7 Å². The maximum absolute atomic E-state index is 9.64. The molecule has 2 aromatic rings. The summed E-state index contributed by atoms with van der Waals surface area (Å²) >= 11 is 5.88. The molecule has 0 unspecified atom stereocenters. The van der Waals surface area contributed by atoms with Crippen molar-refractivity contribution < 1.29 is 9.84 Å². The highest BCUT2D eigenvalue weighted by molar-refractivity contribution is 6.32. The van der Waals surface area contributed by atoms with E-state index in [1.54, 1.807) is 12.1 Å². The van der Waals surface area contributed by atoms with Gasteiger partial charge in [0.25, 0.3) is 5.95 Å². The maximum Gasteiger partial charge on any atom is 0.263 e. The lowest BCUT2D eigenvalue weighted by atomic mass is 10.2. The Hall–Kier alpha value is -2.48. The van der Waals surface area contributed by atoms with Crippen LogP contribution in [0.5, 0.6) is 11.5 Å². The van der Waals surface area contributed by atoms with Crippen molar-refractivity contribution in [3.05, 3.63) is 28.5 Å². The number of hydrazone groups is 1. The number of nitrogen functional groups attached to an aromatic ring is 1. The third-order valence-electron chi connectivity index (χ3n) is 2.73. The summed E-state index contributed by atoms with van der Waals surface area (Å²) in [6.07, 6.45) is 2.16. The largest absolute Gasteiger partial charge is 0.503 e. The third-order valence-corrected chi connectivity index (χ3v) is 3.02. The number of rotatable bonds is 5. The zero-order chi connectivity index (χ0) is 15.4. The smallest absolute Gasteiger partial charge is 0.263 e. The summed E-state index contributed by atoms with van der Waals surface area (Å²) in [5.74, 6) is 6.87. The Morgan fingerprint density at radius 3 is 2.90 bits per heavy atom. The average molecular weight is 311 g/mol. The van der Waals surface area contributed by atoms with Gasteiger partial charge in [0.15, 0.2) is 17.3 Å². The molecule has 1 aromatic carbocycles. The zero-order valence-corrected chi connectivity index (χ0v) is 12.3. The molecule has 21 heavy (non-hydrogen) atoms. The van der Waals surface area contributed by atoms with E-state index in [0.717, 1.165) is 0 Å². The third kappa shape index (κ3) is 3.16. The summed E-state index contributed by atoms with van der Waals surface area (Å²) < 4.78 is 6.33. The van der Waals surface area contributed by atoms with Gasteiger partial charge in [-0.3, -0.25) is 0 Å². The molecule has 9 heteroatoms. The van der Waals surface area contributed by atoms with E-state index in [0.29, 0.717) is 23.8 Å². The number of phenols is 1. The second-order valence-electron chi connectivity index (χ2n) is 4.09. The molecule has 2 rings (SSSR count). The minimum absolute atomic E-state index is 0.112. The highest BCUT2D eigenvalue weighted by Gasteiger charge is 2.08. The Morgan fingerprint density at radius 2 is 2.29 bits per heavy atom. The van der Waals surface area contributed by atoms with Gasteiger partial charge in [0, 0.05) is 6.42 Å². The molecule has 0 fully saturated rings. The molecular formula is C12H15ClN6O2. The molecule has 0 radical (unpaired) electrons. The number of aryl methyl sites for hydroxylation is 1. The highest BCUT2D eigenvalue weighted by Crippen LogP contribution is 2.34. The summed E-state index contributed by atoms with van der Waals surface area (Å²) in [5, 5.41) is 21.5. The van der Waals surface area contributed by atoms with Crippen molar-refractivity contribution >= 4 is 23.8 Å². The van der Waals surface area contributed by atoms with E-state index in [1.807, 2.05) is 6.92 Å². The van der Waals surface area contributed by atoms with E-state index < -0.39 is 0 Å². The number of methoxy groups -OCH3 is 1. The predicted octanol–water partition coefficient (Wildman–Crippen LogP) is 1.37. The van der Waals surface area contributed by atoms with Crippen LogP contribution in [-0.4, -0.2) is 33.3 Å². The number of ether oxygens (including phenoxy) is 1. The van der Waals surface area contributed by atoms with Crippen molar-refractivity contribution in [2.24, 2.45) is 5.10 Å². The van der Waals surface area contributed by atoms with Crippen LogP contribution in [0, 0.1) is 0 Å². The minimum Gasteiger partial charge on any atom is -0.503 e. The Morgan fingerprint density at radius 1 is 1.52 bits per heavy atom. The van der Waals surface area contributed by atoms with Gasteiger partial charge in [-0.1, -0.05) is 18.5 Å². The fourth-order valence-electron chi connectivity index (χ4n) is 1.63. The molecule has 1 aromatic heterocycles. The quantitative estimate of drug-likeness (QED) is 0.437. The molecule has 0 aliphatic heterocycles. The van der Waals surface area contributed by atoms with Crippen LogP contribution < -0.4 is 16.0 Å². The lowest BCUT2D eigenvalue weighted by Gasteiger charge is -2.06. The number of phenolic OH excluding ortho intramolecular Hbond substituents is 1. The first-order chi connectivity index (χ1) is 10.1. The molecular weight excluding hydrogens is 296 g/mol. The molecule has 112 valence electrons. The van der Waals surface area contributed by atoms with E-state index in [4.69, 9.17) is 22.2 Å². The number of benzene rings is 1. The van der Waals surface area contributed by atoms with E-state index in [-0.39, 0.29) is 16.5 Å². The number of aromatic nitrogens is 3. The van der Waals surface area contributed by atoms with Gasteiger partial charge in [0.05, 0.1) is 18.3 Å². The van der Waals surface area contributed by atoms with E-state index >= 15 is 0 Å². The van der Waals surface area contributed by atoms with Crippen LogP contribution in [0.25, 0.3) is 0 Å². The molecule has 1 heterocycles. The van der Waals surface area contributed by atoms with Gasteiger partial charge in [0.2, 0.25) is 0 Å². The standard InChI is InChI=1S/C12H15ClN6O2/c1-3-10-16-18-12(19(10)14)17-15-6-7-4-8(13)11(20)9(5-7)21-2/h4-6,20H,3,14H2,1-2H3,(H,17,18). The first-order valence-corrected chi connectivity index (χ1v) is 6.49. The van der Waals surface area contributed by atoms with Crippen molar-refractivity contribution in [2.45, 2.75) is 13.3 Å². The van der Waals surface area contributed by atoms with Crippen LogP contribution in [0.1, 0.15) is 18.3 Å². The van der Waals surface area contributed by atoms with Gasteiger partial charge in [-0.25, -0.2) is 10.1 Å². The van der Waals surface area contributed by atoms with Crippen LogP contribution in [0.2, 0.25) is 5.02 Å². The predicted molar refractivity (Wildman–Crippen MR) is 80.4 cm³/mol. The molecule has 0 bridgehead atoms. The molecule has 0 aliphatic rings. The fourth-order valence-corrected chi connectivity index (χ4v) is 1.85. The lowest BCUT2D eigenvalue weighted by molar-refractivity contribution is 0.373. The molecule has 0 saturated heterocycles. The normalized spacial score (nSPS) is 11.0. The number of hydrogen-bond acceptors (Lipinski definition) is 7. The first-order valence-electron chi connectivity index (χ1n) is 6.11. The molecule has 4 N–H and O–H groups in total. The summed E-state index contributed by atoms with van der Waals surface area (Å²) in [6, 6.07) is 3.15. The summed E-state index contributed by atoms with van der Waals surface area (Å²) in [7, 11) is 1.44. The highest BCUT2D eigenvalue weighted by atomic mass is 35.5. The van der Waals surface area contributed by atoms with Crippen LogP contribution >= 0.6 is 11.6 Å². The van der Waals surface area contributed by atoms with Crippen LogP contribution in [0.15, 0.2) is 17.2 Å². The number of nitrogens with zero attached hydrogens (tertiary/aromatic N) is 4. The maximum atomic E-state index is 9.64. The second-order valence-corrected chi connectivity index (χ2v) is 4.49. The van der Waals surface area contributed by atoms with Crippen molar-refractivity contribution in [2.75, 3.05) is 18.4 Å². The molecule has 0 atom stereocenters. The molecule has 8 nitrogen and oxygen atoms in total. The van der Waals surface area contributed by atoms with Gasteiger partial charge in [-0.2, -0.15) is 5.10 Å². The topological polar surface area (TPSA) is 111 Å². The SMILES string of the molecule is CCc1nnc(NN=Cc2cc(Cl)c(O)c(OC)c2)n1N. The molecule has 0 saturated carbocycles. The van der Waals surface area contributed by atoms with Crippen LogP contribution in [-0.2, 0) is 6.42 Å². The summed E-state index contributed by atoms with van der Waals surface area (Å²) in [5.41, 5.74) is 3.31. The van der Waals surface area contributed by atoms with Crippen LogP contribution in [0.4, 0.5) is 5.95 Å². The molecule has 0 aliphatic carbocycles. The monoisotopic (exact) mass is 310 g/mol. The first kappa shape index (κ1) is 14.9.